The molecule has 2 unspecified atom stereocenters. The molecule has 4 nitrogen and oxygen atoms in total. The van der Waals surface area contributed by atoms with E-state index >= 15 is 0 Å². The molecule has 1 heterocycles. The van der Waals surface area contributed by atoms with Crippen molar-refractivity contribution in [2.24, 2.45) is 5.41 Å². The van der Waals surface area contributed by atoms with Gasteiger partial charge in [-0.25, -0.2) is 0 Å². The quantitative estimate of drug-likeness (QED) is 0.891. The zero-order valence-electron chi connectivity index (χ0n) is 13.0. The second kappa shape index (κ2) is 5.95. The van der Waals surface area contributed by atoms with Gasteiger partial charge in [0.05, 0.1) is 19.3 Å². The zero-order chi connectivity index (χ0) is 14.9. The van der Waals surface area contributed by atoms with Crippen LogP contribution in [0.15, 0.2) is 24.3 Å². The summed E-state index contributed by atoms with van der Waals surface area (Å²) in [6.45, 7) is 8.97. The first-order valence-corrected chi connectivity index (χ1v) is 7.89. The van der Waals surface area contributed by atoms with Crippen molar-refractivity contribution < 1.29 is 9.84 Å². The number of aliphatic hydroxyl groups is 1. The number of aliphatic hydroxyl groups excluding tert-OH is 1. The van der Waals surface area contributed by atoms with Crippen molar-refractivity contribution in [2.75, 3.05) is 31.6 Å². The number of rotatable bonds is 4. The number of hydrogen-bond donors (Lipinski definition) is 2. The van der Waals surface area contributed by atoms with E-state index in [1.54, 1.807) is 0 Å². The molecule has 1 aromatic rings. The Hall–Kier alpha value is -1.10. The predicted octanol–water partition coefficient (Wildman–Crippen LogP) is 2.09. The van der Waals surface area contributed by atoms with E-state index in [0.29, 0.717) is 6.04 Å². The Kier molecular flexibility index (Phi) is 4.20. The van der Waals surface area contributed by atoms with Gasteiger partial charge in [0, 0.05) is 36.8 Å². The summed E-state index contributed by atoms with van der Waals surface area (Å²) in [5, 5.41) is 13.3. The molecule has 1 aliphatic heterocycles. The highest BCUT2D eigenvalue weighted by atomic mass is 16.5. The highest BCUT2D eigenvalue weighted by Crippen LogP contribution is 2.42. The minimum absolute atomic E-state index is 0.0352. The van der Waals surface area contributed by atoms with Crippen LogP contribution in [0.3, 0.4) is 0 Å². The molecule has 2 N–H and O–H groups in total. The van der Waals surface area contributed by atoms with E-state index in [1.807, 2.05) is 0 Å². The standard InChI is InChI=1S/C17H26N2O2/c1-17(2)15(11-16(17)20)18-14-5-3-13(4-6-14)12-19-7-9-21-10-8-19/h3-6,15-16,18,20H,7-12H2,1-2H3. The fourth-order valence-corrected chi connectivity index (χ4v) is 3.07. The maximum absolute atomic E-state index is 9.79. The van der Waals surface area contributed by atoms with Crippen molar-refractivity contribution >= 4 is 5.69 Å². The summed E-state index contributed by atoms with van der Waals surface area (Å²) < 4.78 is 5.38. The maximum atomic E-state index is 9.79. The maximum Gasteiger partial charge on any atom is 0.0630 e. The molecule has 21 heavy (non-hydrogen) atoms. The van der Waals surface area contributed by atoms with E-state index in [9.17, 15) is 5.11 Å². The Morgan fingerprint density at radius 1 is 1.24 bits per heavy atom. The van der Waals surface area contributed by atoms with E-state index in [1.165, 1.54) is 5.56 Å². The lowest BCUT2D eigenvalue weighted by Crippen LogP contribution is -2.56. The van der Waals surface area contributed by atoms with Crippen LogP contribution in [0.4, 0.5) is 5.69 Å². The average molecular weight is 290 g/mol. The van der Waals surface area contributed by atoms with Crippen LogP contribution >= 0.6 is 0 Å². The molecule has 2 fully saturated rings. The van der Waals surface area contributed by atoms with Gasteiger partial charge >= 0.3 is 0 Å². The highest BCUT2D eigenvalue weighted by Gasteiger charge is 2.47. The minimum Gasteiger partial charge on any atom is -0.392 e. The SMILES string of the molecule is CC1(C)C(O)CC1Nc1ccc(CN2CCOCC2)cc1. The monoisotopic (exact) mass is 290 g/mol. The van der Waals surface area contributed by atoms with Gasteiger partial charge in [-0.1, -0.05) is 26.0 Å². The molecule has 3 rings (SSSR count). The first kappa shape index (κ1) is 14.8. The van der Waals surface area contributed by atoms with Crippen LogP contribution in [-0.2, 0) is 11.3 Å². The second-order valence-corrected chi connectivity index (χ2v) is 6.86. The summed E-state index contributed by atoms with van der Waals surface area (Å²) in [6.07, 6.45) is 0.651. The molecular formula is C17H26N2O2. The summed E-state index contributed by atoms with van der Waals surface area (Å²) >= 11 is 0. The van der Waals surface area contributed by atoms with Crippen molar-refractivity contribution in [3.8, 4) is 0 Å². The topological polar surface area (TPSA) is 44.7 Å². The average Bonchev–Trinajstić information content (AvgIpc) is 2.50. The lowest BCUT2D eigenvalue weighted by molar-refractivity contribution is -0.0510. The zero-order valence-corrected chi connectivity index (χ0v) is 13.0. The van der Waals surface area contributed by atoms with Crippen molar-refractivity contribution in [3.63, 3.8) is 0 Å². The summed E-state index contributed by atoms with van der Waals surface area (Å²) in [6, 6.07) is 9.05. The molecule has 1 saturated carbocycles. The largest absolute Gasteiger partial charge is 0.392 e. The first-order chi connectivity index (χ1) is 10.1. The number of hydrogen-bond acceptors (Lipinski definition) is 4. The van der Waals surface area contributed by atoms with Gasteiger partial charge in [0.1, 0.15) is 0 Å². The Labute approximate surface area is 127 Å². The molecule has 2 aliphatic rings. The van der Waals surface area contributed by atoms with Crippen LogP contribution in [0.2, 0.25) is 0 Å². The normalized spacial score (nSPS) is 28.9. The van der Waals surface area contributed by atoms with Crippen LogP contribution in [0, 0.1) is 5.41 Å². The Balaban J connectivity index is 1.54. The second-order valence-electron chi connectivity index (χ2n) is 6.86. The summed E-state index contributed by atoms with van der Waals surface area (Å²) in [5.41, 5.74) is 2.45. The molecule has 1 saturated heterocycles. The molecule has 0 aromatic heterocycles. The Morgan fingerprint density at radius 3 is 2.48 bits per heavy atom. The Morgan fingerprint density at radius 2 is 1.90 bits per heavy atom. The lowest BCUT2D eigenvalue weighted by Gasteiger charge is -2.49. The number of ether oxygens (including phenoxy) is 1. The molecule has 0 spiro atoms. The summed E-state index contributed by atoms with van der Waals surface area (Å²) in [7, 11) is 0. The van der Waals surface area contributed by atoms with Crippen LogP contribution in [0.1, 0.15) is 25.8 Å². The van der Waals surface area contributed by atoms with Gasteiger partial charge in [0.15, 0.2) is 0 Å². The molecule has 2 atom stereocenters. The van der Waals surface area contributed by atoms with E-state index in [0.717, 1.165) is 45.0 Å². The third-order valence-corrected chi connectivity index (χ3v) is 5.02. The van der Waals surface area contributed by atoms with Crippen LogP contribution in [0.5, 0.6) is 0 Å². The van der Waals surface area contributed by atoms with Gasteiger partial charge in [0.2, 0.25) is 0 Å². The molecule has 1 aromatic carbocycles. The van der Waals surface area contributed by atoms with Crippen molar-refractivity contribution in [3.05, 3.63) is 29.8 Å². The molecule has 0 radical (unpaired) electrons. The van der Waals surface area contributed by atoms with E-state index in [-0.39, 0.29) is 11.5 Å². The number of morpholine rings is 1. The predicted molar refractivity (Wildman–Crippen MR) is 84.4 cm³/mol. The fourth-order valence-electron chi connectivity index (χ4n) is 3.07. The molecule has 0 amide bonds. The van der Waals surface area contributed by atoms with Gasteiger partial charge in [-0.15, -0.1) is 0 Å². The lowest BCUT2D eigenvalue weighted by atomic mass is 9.64. The minimum atomic E-state index is -0.185. The fraction of sp³-hybridized carbons (Fsp3) is 0.647. The van der Waals surface area contributed by atoms with Crippen LogP contribution < -0.4 is 5.32 Å². The van der Waals surface area contributed by atoms with Gasteiger partial charge in [-0.05, 0) is 24.1 Å². The van der Waals surface area contributed by atoms with Gasteiger partial charge in [-0.3, -0.25) is 4.90 Å². The number of nitrogens with zero attached hydrogens (tertiary/aromatic N) is 1. The van der Waals surface area contributed by atoms with Crippen LogP contribution in [-0.4, -0.2) is 48.5 Å². The molecule has 116 valence electrons. The number of anilines is 1. The summed E-state index contributed by atoms with van der Waals surface area (Å²) in [4.78, 5) is 2.43. The number of nitrogens with one attached hydrogen (secondary N) is 1. The van der Waals surface area contributed by atoms with Crippen molar-refractivity contribution in [1.82, 2.24) is 4.90 Å². The first-order valence-electron chi connectivity index (χ1n) is 7.89. The van der Waals surface area contributed by atoms with Crippen molar-refractivity contribution in [2.45, 2.75) is 39.0 Å². The van der Waals surface area contributed by atoms with E-state index in [4.69, 9.17) is 4.74 Å². The summed E-state index contributed by atoms with van der Waals surface area (Å²) in [5.74, 6) is 0. The van der Waals surface area contributed by atoms with E-state index in [2.05, 4.69) is 48.3 Å². The third-order valence-electron chi connectivity index (χ3n) is 5.02. The van der Waals surface area contributed by atoms with Gasteiger partial charge in [-0.2, -0.15) is 0 Å². The highest BCUT2D eigenvalue weighted by molar-refractivity contribution is 5.46. The third kappa shape index (κ3) is 3.23. The van der Waals surface area contributed by atoms with Crippen molar-refractivity contribution in [1.29, 1.82) is 0 Å². The molecule has 1 aliphatic carbocycles. The van der Waals surface area contributed by atoms with E-state index < -0.39 is 0 Å². The molecular weight excluding hydrogens is 264 g/mol. The molecule has 0 bridgehead atoms. The van der Waals surface area contributed by atoms with Gasteiger partial charge < -0.3 is 15.2 Å². The Bertz CT molecular complexity index is 466. The molecule has 4 heteroatoms. The number of benzene rings is 1. The van der Waals surface area contributed by atoms with Gasteiger partial charge in [0.25, 0.3) is 0 Å². The van der Waals surface area contributed by atoms with Crippen LogP contribution in [0.25, 0.3) is 0 Å². The smallest absolute Gasteiger partial charge is 0.0630 e.